The van der Waals surface area contributed by atoms with Gasteiger partial charge in [0.15, 0.2) is 9.84 Å². The van der Waals surface area contributed by atoms with Gasteiger partial charge in [0.1, 0.15) is 0 Å². The summed E-state index contributed by atoms with van der Waals surface area (Å²) in [5, 5.41) is 2.96. The first-order valence-electron chi connectivity index (χ1n) is 7.03. The van der Waals surface area contributed by atoms with Crippen LogP contribution in [0.3, 0.4) is 0 Å². The summed E-state index contributed by atoms with van der Waals surface area (Å²) in [4.78, 5) is 0. The van der Waals surface area contributed by atoms with E-state index in [9.17, 15) is 8.42 Å². The lowest BCUT2D eigenvalue weighted by Crippen LogP contribution is -2.48. The van der Waals surface area contributed by atoms with Gasteiger partial charge in [-0.2, -0.15) is 0 Å². The predicted molar refractivity (Wildman–Crippen MR) is 72.4 cm³/mol. The highest BCUT2D eigenvalue weighted by atomic mass is 32.2. The van der Waals surface area contributed by atoms with Crippen LogP contribution in [-0.4, -0.2) is 45.2 Å². The number of rotatable bonds is 4. The van der Waals surface area contributed by atoms with Crippen LogP contribution in [0.4, 0.5) is 0 Å². The quantitative estimate of drug-likeness (QED) is 0.841. The minimum absolute atomic E-state index is 0.0651. The Hall–Kier alpha value is -0.130. The molecule has 0 bridgehead atoms. The minimum atomic E-state index is -3.05. The molecular weight excluding hydrogens is 250 g/mol. The van der Waals surface area contributed by atoms with Gasteiger partial charge in [-0.3, -0.25) is 0 Å². The number of hydrogen-bond donors (Lipinski definition) is 1. The second-order valence-electron chi connectivity index (χ2n) is 5.82. The molecule has 1 saturated heterocycles. The van der Waals surface area contributed by atoms with Crippen molar-refractivity contribution in [1.82, 2.24) is 5.32 Å². The summed E-state index contributed by atoms with van der Waals surface area (Å²) in [6.07, 6.45) is 4.71. The van der Waals surface area contributed by atoms with E-state index in [0.29, 0.717) is 5.92 Å². The molecule has 4 unspecified atom stereocenters. The molecule has 2 aliphatic rings. The van der Waals surface area contributed by atoms with Gasteiger partial charge in [-0.25, -0.2) is 8.42 Å². The third-order valence-electron chi connectivity index (χ3n) is 4.33. The van der Waals surface area contributed by atoms with Gasteiger partial charge >= 0.3 is 0 Å². The maximum atomic E-state index is 12.5. The Balaban J connectivity index is 2.05. The van der Waals surface area contributed by atoms with Crippen molar-refractivity contribution in [3.63, 3.8) is 0 Å². The van der Waals surface area contributed by atoms with Crippen LogP contribution in [0, 0.1) is 5.92 Å². The molecule has 2 rings (SSSR count). The SMILES string of the molecule is CNC1CCC(C)CC1S(=O)(=O)CC1CCCO1. The summed E-state index contributed by atoms with van der Waals surface area (Å²) in [6, 6.07) is 0.118. The molecule has 4 nitrogen and oxygen atoms in total. The molecule has 18 heavy (non-hydrogen) atoms. The molecule has 0 aromatic rings. The Morgan fingerprint density at radius 1 is 1.28 bits per heavy atom. The van der Waals surface area contributed by atoms with Crippen molar-refractivity contribution in [2.75, 3.05) is 19.4 Å². The zero-order valence-electron chi connectivity index (χ0n) is 11.4. The molecule has 106 valence electrons. The maximum Gasteiger partial charge on any atom is 0.157 e. The van der Waals surface area contributed by atoms with Crippen LogP contribution in [0.15, 0.2) is 0 Å². The van der Waals surface area contributed by atoms with Gasteiger partial charge in [-0.05, 0) is 45.1 Å². The fraction of sp³-hybridized carbons (Fsp3) is 1.00. The first-order valence-corrected chi connectivity index (χ1v) is 8.75. The third-order valence-corrected chi connectivity index (χ3v) is 6.61. The van der Waals surface area contributed by atoms with Crippen molar-refractivity contribution in [2.45, 2.75) is 56.4 Å². The van der Waals surface area contributed by atoms with Crippen molar-refractivity contribution < 1.29 is 13.2 Å². The van der Waals surface area contributed by atoms with Crippen LogP contribution in [0.25, 0.3) is 0 Å². The van der Waals surface area contributed by atoms with E-state index in [1.807, 2.05) is 7.05 Å². The van der Waals surface area contributed by atoms with Crippen molar-refractivity contribution in [3.8, 4) is 0 Å². The molecule has 2 fully saturated rings. The summed E-state index contributed by atoms with van der Waals surface area (Å²) in [6.45, 7) is 2.87. The smallest absolute Gasteiger partial charge is 0.157 e. The highest BCUT2D eigenvalue weighted by Gasteiger charge is 2.38. The predicted octanol–water partition coefficient (Wildman–Crippen LogP) is 1.36. The summed E-state index contributed by atoms with van der Waals surface area (Å²) in [7, 11) is -1.18. The zero-order chi connectivity index (χ0) is 13.2. The van der Waals surface area contributed by atoms with E-state index in [1.54, 1.807) is 0 Å². The molecular formula is C13H25NO3S. The van der Waals surface area contributed by atoms with E-state index in [2.05, 4.69) is 12.2 Å². The van der Waals surface area contributed by atoms with Crippen LogP contribution in [0.5, 0.6) is 0 Å². The maximum absolute atomic E-state index is 12.5. The lowest BCUT2D eigenvalue weighted by molar-refractivity contribution is 0.127. The van der Waals surface area contributed by atoms with Gasteiger partial charge in [-0.1, -0.05) is 6.92 Å². The second-order valence-corrected chi connectivity index (χ2v) is 8.08. The van der Waals surface area contributed by atoms with Crippen molar-refractivity contribution >= 4 is 9.84 Å². The summed E-state index contributed by atoms with van der Waals surface area (Å²) < 4.78 is 30.5. The monoisotopic (exact) mass is 275 g/mol. The third kappa shape index (κ3) is 3.25. The van der Waals surface area contributed by atoms with E-state index >= 15 is 0 Å². The fourth-order valence-electron chi connectivity index (χ4n) is 3.21. The lowest BCUT2D eigenvalue weighted by Gasteiger charge is -2.34. The average molecular weight is 275 g/mol. The van der Waals surface area contributed by atoms with E-state index in [0.717, 1.165) is 38.7 Å². The van der Waals surface area contributed by atoms with Crippen LogP contribution < -0.4 is 5.32 Å². The Bertz CT molecular complexity index is 362. The average Bonchev–Trinajstić information content (AvgIpc) is 2.81. The highest BCUT2D eigenvalue weighted by molar-refractivity contribution is 7.92. The molecule has 0 spiro atoms. The van der Waals surface area contributed by atoms with Crippen LogP contribution >= 0.6 is 0 Å². The van der Waals surface area contributed by atoms with E-state index in [4.69, 9.17) is 4.74 Å². The Morgan fingerprint density at radius 3 is 2.67 bits per heavy atom. The fourth-order valence-corrected chi connectivity index (χ4v) is 5.64. The van der Waals surface area contributed by atoms with Gasteiger partial charge in [0.05, 0.1) is 17.1 Å². The minimum Gasteiger partial charge on any atom is -0.377 e. The molecule has 4 atom stereocenters. The van der Waals surface area contributed by atoms with E-state index in [1.165, 1.54) is 0 Å². The molecule has 1 aliphatic heterocycles. The molecule has 0 aromatic heterocycles. The van der Waals surface area contributed by atoms with Crippen LogP contribution in [-0.2, 0) is 14.6 Å². The molecule has 0 radical (unpaired) electrons. The standard InChI is InChI=1S/C13H25NO3S/c1-10-5-6-12(14-2)13(8-10)18(15,16)9-11-4-3-7-17-11/h10-14H,3-9H2,1-2H3. The summed E-state index contributed by atoms with van der Waals surface area (Å²) in [5.74, 6) is 0.724. The molecule has 1 aliphatic carbocycles. The van der Waals surface area contributed by atoms with E-state index < -0.39 is 9.84 Å². The van der Waals surface area contributed by atoms with Crippen molar-refractivity contribution in [1.29, 1.82) is 0 Å². The molecule has 1 heterocycles. The van der Waals surface area contributed by atoms with Gasteiger partial charge in [0.25, 0.3) is 0 Å². The van der Waals surface area contributed by atoms with Gasteiger partial charge in [0, 0.05) is 12.6 Å². The molecule has 1 N–H and O–H groups in total. The van der Waals surface area contributed by atoms with Gasteiger partial charge in [-0.15, -0.1) is 0 Å². The van der Waals surface area contributed by atoms with E-state index in [-0.39, 0.29) is 23.1 Å². The number of nitrogens with one attached hydrogen (secondary N) is 1. The molecule has 0 amide bonds. The van der Waals surface area contributed by atoms with Gasteiger partial charge < -0.3 is 10.1 Å². The number of sulfone groups is 1. The first-order chi connectivity index (χ1) is 8.53. The lowest BCUT2D eigenvalue weighted by atomic mass is 9.87. The number of hydrogen-bond acceptors (Lipinski definition) is 4. The normalized spacial score (nSPS) is 37.9. The topological polar surface area (TPSA) is 55.4 Å². The molecule has 5 heteroatoms. The largest absolute Gasteiger partial charge is 0.377 e. The van der Waals surface area contributed by atoms with Crippen molar-refractivity contribution in [3.05, 3.63) is 0 Å². The van der Waals surface area contributed by atoms with Crippen LogP contribution in [0.1, 0.15) is 39.0 Å². The molecule has 0 aromatic carbocycles. The number of ether oxygens (including phenoxy) is 1. The first kappa shape index (κ1) is 14.3. The zero-order valence-corrected chi connectivity index (χ0v) is 12.2. The summed E-state index contributed by atoms with van der Waals surface area (Å²) >= 11 is 0. The van der Waals surface area contributed by atoms with Gasteiger partial charge in [0.2, 0.25) is 0 Å². The Labute approximate surface area is 110 Å². The second kappa shape index (κ2) is 5.88. The Kier molecular flexibility index (Phi) is 4.67. The summed E-state index contributed by atoms with van der Waals surface area (Å²) in [5.41, 5.74) is 0. The molecule has 1 saturated carbocycles. The van der Waals surface area contributed by atoms with Crippen LogP contribution in [0.2, 0.25) is 0 Å². The van der Waals surface area contributed by atoms with Crippen molar-refractivity contribution in [2.24, 2.45) is 5.92 Å². The Morgan fingerprint density at radius 2 is 2.06 bits per heavy atom. The highest BCUT2D eigenvalue weighted by Crippen LogP contribution is 2.30.